The zero-order valence-corrected chi connectivity index (χ0v) is 12.3. The highest BCUT2D eigenvalue weighted by atomic mass is 15.2. The van der Waals surface area contributed by atoms with Crippen LogP contribution in [-0.4, -0.2) is 31.0 Å². The second-order valence-electron chi connectivity index (χ2n) is 5.23. The molecule has 1 aliphatic rings. The van der Waals surface area contributed by atoms with E-state index < -0.39 is 0 Å². The number of nitrogens with zero attached hydrogens (tertiary/aromatic N) is 3. The molecular weight excluding hydrogens is 260 g/mol. The molecule has 0 amide bonds. The quantitative estimate of drug-likeness (QED) is 0.935. The lowest BCUT2D eigenvalue weighted by Crippen LogP contribution is -2.32. The highest BCUT2D eigenvalue weighted by Gasteiger charge is 2.15. The maximum absolute atomic E-state index is 4.59. The van der Waals surface area contributed by atoms with E-state index in [9.17, 15) is 0 Å². The van der Waals surface area contributed by atoms with Crippen LogP contribution in [-0.2, 0) is 6.54 Å². The summed E-state index contributed by atoms with van der Waals surface area (Å²) in [6.07, 6.45) is 2.93. The number of nitrogens with one attached hydrogen (secondary N) is 1. The van der Waals surface area contributed by atoms with E-state index in [0.29, 0.717) is 0 Å². The number of rotatable bonds is 4. The summed E-state index contributed by atoms with van der Waals surface area (Å²) in [6.45, 7) is 2.70. The molecule has 1 N–H and O–H groups in total. The van der Waals surface area contributed by atoms with Crippen LogP contribution < -0.4 is 10.2 Å². The van der Waals surface area contributed by atoms with Gasteiger partial charge < -0.3 is 10.2 Å². The Morgan fingerprint density at radius 3 is 2.76 bits per heavy atom. The van der Waals surface area contributed by atoms with Crippen molar-refractivity contribution in [3.8, 4) is 0 Å². The second-order valence-corrected chi connectivity index (χ2v) is 5.23. The van der Waals surface area contributed by atoms with Crippen molar-refractivity contribution in [2.45, 2.75) is 13.0 Å². The molecule has 108 valence electrons. The fourth-order valence-corrected chi connectivity index (χ4v) is 2.53. The zero-order chi connectivity index (χ0) is 14.5. The van der Waals surface area contributed by atoms with Crippen molar-refractivity contribution in [2.24, 2.45) is 4.99 Å². The standard InChI is InChI=1S/C17H20N4/c1-21(13-14-7-3-2-4-8-14)17-15(9-5-10-20-17)16-18-11-6-12-19-16/h2-5,7-10H,6,11-13H2,1H3,(H,18,19). The number of benzene rings is 1. The summed E-state index contributed by atoms with van der Waals surface area (Å²) in [7, 11) is 2.07. The fourth-order valence-electron chi connectivity index (χ4n) is 2.53. The number of aromatic nitrogens is 1. The van der Waals surface area contributed by atoms with Gasteiger partial charge in [0.15, 0.2) is 0 Å². The molecular formula is C17H20N4. The maximum Gasteiger partial charge on any atom is 0.139 e. The molecule has 2 aromatic rings. The van der Waals surface area contributed by atoms with Crippen LogP contribution in [0.25, 0.3) is 0 Å². The fraction of sp³-hybridized carbons (Fsp3) is 0.294. The molecule has 0 fully saturated rings. The van der Waals surface area contributed by atoms with Gasteiger partial charge in [-0.1, -0.05) is 30.3 Å². The molecule has 1 aromatic carbocycles. The van der Waals surface area contributed by atoms with E-state index in [4.69, 9.17) is 0 Å². The van der Waals surface area contributed by atoms with E-state index in [1.54, 1.807) is 0 Å². The molecule has 1 aromatic heterocycles. The first kappa shape index (κ1) is 13.6. The minimum absolute atomic E-state index is 0.831. The summed E-state index contributed by atoms with van der Waals surface area (Å²) in [5.41, 5.74) is 2.35. The van der Waals surface area contributed by atoms with Gasteiger partial charge in [-0.15, -0.1) is 0 Å². The first-order chi connectivity index (χ1) is 10.3. The summed E-state index contributed by atoms with van der Waals surface area (Å²) in [4.78, 5) is 11.3. The van der Waals surface area contributed by atoms with Crippen molar-refractivity contribution < 1.29 is 0 Å². The lowest BCUT2D eigenvalue weighted by molar-refractivity contribution is 0.741. The second kappa shape index (κ2) is 6.39. The number of anilines is 1. The Hall–Kier alpha value is -2.36. The van der Waals surface area contributed by atoms with Gasteiger partial charge in [-0.2, -0.15) is 0 Å². The van der Waals surface area contributed by atoms with Crippen LogP contribution in [0.3, 0.4) is 0 Å². The Labute approximate surface area is 125 Å². The Bertz CT molecular complexity index is 622. The van der Waals surface area contributed by atoms with Crippen LogP contribution in [0.5, 0.6) is 0 Å². The molecule has 0 bridgehead atoms. The van der Waals surface area contributed by atoms with Gasteiger partial charge in [-0.25, -0.2) is 4.98 Å². The molecule has 0 unspecified atom stereocenters. The van der Waals surface area contributed by atoms with Crippen LogP contribution in [0.15, 0.2) is 53.7 Å². The van der Waals surface area contributed by atoms with E-state index in [1.165, 1.54) is 5.56 Å². The van der Waals surface area contributed by atoms with Crippen LogP contribution in [0.2, 0.25) is 0 Å². The van der Waals surface area contributed by atoms with Crippen molar-refractivity contribution in [3.05, 3.63) is 59.8 Å². The largest absolute Gasteiger partial charge is 0.370 e. The molecule has 4 nitrogen and oxygen atoms in total. The Morgan fingerprint density at radius 1 is 1.14 bits per heavy atom. The monoisotopic (exact) mass is 280 g/mol. The molecule has 4 heteroatoms. The van der Waals surface area contributed by atoms with Gasteiger partial charge in [-0.3, -0.25) is 4.99 Å². The van der Waals surface area contributed by atoms with E-state index >= 15 is 0 Å². The van der Waals surface area contributed by atoms with E-state index in [0.717, 1.165) is 43.3 Å². The summed E-state index contributed by atoms with van der Waals surface area (Å²) >= 11 is 0. The molecule has 0 spiro atoms. The number of aliphatic imine (C=N–C) groups is 1. The third-order valence-electron chi connectivity index (χ3n) is 3.56. The topological polar surface area (TPSA) is 40.5 Å². The summed E-state index contributed by atoms with van der Waals surface area (Å²) in [6, 6.07) is 14.5. The number of pyridine rings is 1. The van der Waals surface area contributed by atoms with Crippen LogP contribution in [0, 0.1) is 0 Å². The van der Waals surface area contributed by atoms with Gasteiger partial charge in [0.2, 0.25) is 0 Å². The van der Waals surface area contributed by atoms with E-state index in [1.807, 2.05) is 18.3 Å². The molecule has 3 rings (SSSR count). The van der Waals surface area contributed by atoms with E-state index in [-0.39, 0.29) is 0 Å². The molecule has 1 aliphatic heterocycles. The number of hydrogen-bond acceptors (Lipinski definition) is 4. The average Bonchev–Trinajstić information content (AvgIpc) is 2.56. The summed E-state index contributed by atoms with van der Waals surface area (Å²) in [5, 5.41) is 3.38. The van der Waals surface area contributed by atoms with Crippen molar-refractivity contribution in [2.75, 3.05) is 25.0 Å². The Kier molecular flexibility index (Phi) is 4.15. The minimum atomic E-state index is 0.831. The first-order valence-corrected chi connectivity index (χ1v) is 7.33. The molecule has 0 aliphatic carbocycles. The predicted molar refractivity (Wildman–Crippen MR) is 86.8 cm³/mol. The lowest BCUT2D eigenvalue weighted by atomic mass is 10.1. The molecule has 0 atom stereocenters. The Morgan fingerprint density at radius 2 is 2.00 bits per heavy atom. The highest BCUT2D eigenvalue weighted by Crippen LogP contribution is 2.19. The zero-order valence-electron chi connectivity index (χ0n) is 12.3. The maximum atomic E-state index is 4.59. The normalized spacial score (nSPS) is 14.2. The smallest absolute Gasteiger partial charge is 0.139 e. The van der Waals surface area contributed by atoms with Crippen molar-refractivity contribution in [3.63, 3.8) is 0 Å². The van der Waals surface area contributed by atoms with Gasteiger partial charge in [0.05, 0.1) is 5.56 Å². The SMILES string of the molecule is CN(Cc1ccccc1)c1ncccc1C1=NCCCN1. The molecule has 2 heterocycles. The average molecular weight is 280 g/mol. The van der Waals surface area contributed by atoms with Crippen molar-refractivity contribution in [1.29, 1.82) is 0 Å². The number of hydrogen-bond donors (Lipinski definition) is 1. The third-order valence-corrected chi connectivity index (χ3v) is 3.56. The van der Waals surface area contributed by atoms with Gasteiger partial charge in [0.25, 0.3) is 0 Å². The van der Waals surface area contributed by atoms with Crippen LogP contribution >= 0.6 is 0 Å². The molecule has 0 saturated carbocycles. The van der Waals surface area contributed by atoms with Crippen molar-refractivity contribution in [1.82, 2.24) is 10.3 Å². The molecule has 21 heavy (non-hydrogen) atoms. The first-order valence-electron chi connectivity index (χ1n) is 7.33. The highest BCUT2D eigenvalue weighted by molar-refractivity contribution is 6.03. The number of amidine groups is 1. The van der Waals surface area contributed by atoms with Gasteiger partial charge in [0.1, 0.15) is 11.7 Å². The lowest BCUT2D eigenvalue weighted by Gasteiger charge is -2.23. The van der Waals surface area contributed by atoms with E-state index in [2.05, 4.69) is 57.6 Å². The molecule has 0 radical (unpaired) electrons. The third kappa shape index (κ3) is 3.21. The van der Waals surface area contributed by atoms with Gasteiger partial charge in [-0.05, 0) is 24.1 Å². The van der Waals surface area contributed by atoms with Crippen LogP contribution in [0.1, 0.15) is 17.5 Å². The van der Waals surface area contributed by atoms with Crippen LogP contribution in [0.4, 0.5) is 5.82 Å². The summed E-state index contributed by atoms with van der Waals surface area (Å²) < 4.78 is 0. The summed E-state index contributed by atoms with van der Waals surface area (Å²) in [5.74, 6) is 1.93. The van der Waals surface area contributed by atoms with Crippen molar-refractivity contribution >= 4 is 11.7 Å². The minimum Gasteiger partial charge on any atom is -0.370 e. The predicted octanol–water partition coefficient (Wildman–Crippen LogP) is 2.46. The molecule has 0 saturated heterocycles. The van der Waals surface area contributed by atoms with Gasteiger partial charge in [0, 0.05) is 32.9 Å². The Balaban J connectivity index is 1.86. The van der Waals surface area contributed by atoms with Gasteiger partial charge >= 0.3 is 0 Å².